The lowest BCUT2D eigenvalue weighted by Crippen LogP contribution is -2.31. The maximum absolute atomic E-state index is 13.3. The van der Waals surface area contributed by atoms with Crippen molar-refractivity contribution in [3.05, 3.63) is 105 Å². The zero-order valence-electron chi connectivity index (χ0n) is 15.9. The van der Waals surface area contributed by atoms with Crippen molar-refractivity contribution in [2.24, 2.45) is 0 Å². The number of nitriles is 1. The highest BCUT2D eigenvalue weighted by Gasteiger charge is 2.40. The second kappa shape index (κ2) is 8.26. The number of amides is 2. The van der Waals surface area contributed by atoms with Gasteiger partial charge in [0.15, 0.2) is 0 Å². The normalized spacial score (nSPS) is 13.5. The van der Waals surface area contributed by atoms with Crippen LogP contribution in [0.5, 0.6) is 0 Å². The fourth-order valence-corrected chi connectivity index (χ4v) is 4.15. The molecule has 1 heterocycles. The molecule has 0 aromatic heterocycles. The number of rotatable bonds is 5. The Labute approximate surface area is 181 Å². The van der Waals surface area contributed by atoms with Crippen LogP contribution >= 0.6 is 11.8 Å². The van der Waals surface area contributed by atoms with Gasteiger partial charge in [0, 0.05) is 17.0 Å². The van der Waals surface area contributed by atoms with Gasteiger partial charge in [0.05, 0.1) is 32.7 Å². The number of carbonyl (C=O) groups excluding carboxylic acids is 2. The van der Waals surface area contributed by atoms with Gasteiger partial charge >= 0.3 is 0 Å². The molecule has 2 amide bonds. The molecule has 0 saturated carbocycles. The molecule has 8 heteroatoms. The summed E-state index contributed by atoms with van der Waals surface area (Å²) in [4.78, 5) is 39.1. The quantitative estimate of drug-likeness (QED) is 0.336. The highest BCUT2D eigenvalue weighted by Crippen LogP contribution is 2.41. The van der Waals surface area contributed by atoms with Gasteiger partial charge < -0.3 is 0 Å². The lowest BCUT2D eigenvalue weighted by Gasteiger charge is -2.15. The number of nitro groups is 1. The van der Waals surface area contributed by atoms with Crippen LogP contribution in [0.2, 0.25) is 0 Å². The topological polar surface area (TPSA) is 104 Å². The van der Waals surface area contributed by atoms with E-state index in [4.69, 9.17) is 5.26 Å². The van der Waals surface area contributed by atoms with Crippen molar-refractivity contribution >= 4 is 40.5 Å². The van der Waals surface area contributed by atoms with Crippen LogP contribution in [0.15, 0.2) is 88.7 Å². The van der Waals surface area contributed by atoms with Gasteiger partial charge in [0.2, 0.25) is 0 Å². The number of imide groups is 1. The summed E-state index contributed by atoms with van der Waals surface area (Å²) in [6.45, 7) is 0. The minimum Gasteiger partial charge on any atom is -0.268 e. The highest BCUT2D eigenvalue weighted by atomic mass is 32.2. The Morgan fingerprint density at radius 3 is 2.10 bits per heavy atom. The van der Waals surface area contributed by atoms with E-state index in [1.165, 1.54) is 48.5 Å². The minimum atomic E-state index is -0.526. The first-order valence-electron chi connectivity index (χ1n) is 9.10. The van der Waals surface area contributed by atoms with Crippen LogP contribution in [0.1, 0.15) is 11.1 Å². The van der Waals surface area contributed by atoms with E-state index >= 15 is 0 Å². The largest absolute Gasteiger partial charge is 0.272 e. The smallest absolute Gasteiger partial charge is 0.268 e. The van der Waals surface area contributed by atoms with Crippen LogP contribution in [0.3, 0.4) is 0 Å². The molecule has 0 saturated heterocycles. The molecule has 0 radical (unpaired) electrons. The SMILES string of the molecule is N#Cc1ccc(N2C(=O)C(Sc3ccccc3)=C(c3ccc([N+](=O)[O-])cc3)C2=O)cc1. The van der Waals surface area contributed by atoms with Gasteiger partial charge in [-0.1, -0.05) is 30.0 Å². The van der Waals surface area contributed by atoms with Crippen molar-refractivity contribution in [3.8, 4) is 6.07 Å². The Morgan fingerprint density at radius 1 is 0.871 bits per heavy atom. The van der Waals surface area contributed by atoms with Gasteiger partial charge in [0.25, 0.3) is 17.5 Å². The molecule has 1 aliphatic rings. The number of nitro benzene ring substituents is 1. The van der Waals surface area contributed by atoms with Gasteiger partial charge in [-0.15, -0.1) is 0 Å². The lowest BCUT2D eigenvalue weighted by molar-refractivity contribution is -0.384. The van der Waals surface area contributed by atoms with Crippen molar-refractivity contribution < 1.29 is 14.5 Å². The van der Waals surface area contributed by atoms with E-state index in [2.05, 4.69) is 0 Å². The maximum Gasteiger partial charge on any atom is 0.272 e. The van der Waals surface area contributed by atoms with Gasteiger partial charge in [0.1, 0.15) is 0 Å². The molecule has 4 rings (SSSR count). The van der Waals surface area contributed by atoms with Crippen molar-refractivity contribution in [1.82, 2.24) is 0 Å². The number of carbonyl (C=O) groups is 2. The first-order valence-corrected chi connectivity index (χ1v) is 9.92. The Balaban J connectivity index is 1.80. The van der Waals surface area contributed by atoms with Crippen molar-refractivity contribution in [2.75, 3.05) is 4.90 Å². The van der Waals surface area contributed by atoms with Crippen molar-refractivity contribution in [2.45, 2.75) is 4.90 Å². The Morgan fingerprint density at radius 2 is 1.52 bits per heavy atom. The second-order valence-electron chi connectivity index (χ2n) is 6.53. The molecule has 0 N–H and O–H groups in total. The Hall–Kier alpha value is -4.22. The standard InChI is InChI=1S/C23H13N3O4S/c24-14-15-6-10-17(11-7-15)25-22(27)20(16-8-12-18(13-9-16)26(29)30)21(23(25)28)31-19-4-2-1-3-5-19/h1-13H. The van der Waals surface area contributed by atoms with E-state index in [-0.39, 0.29) is 16.2 Å². The van der Waals surface area contributed by atoms with E-state index < -0.39 is 16.7 Å². The molecule has 1 aliphatic heterocycles. The molecule has 3 aromatic carbocycles. The van der Waals surface area contributed by atoms with Crippen LogP contribution in [0.4, 0.5) is 11.4 Å². The van der Waals surface area contributed by atoms with E-state index in [0.29, 0.717) is 16.8 Å². The summed E-state index contributed by atoms with van der Waals surface area (Å²) >= 11 is 1.16. The molecule has 7 nitrogen and oxygen atoms in total. The average Bonchev–Trinajstić information content (AvgIpc) is 3.04. The molecule has 150 valence electrons. The molecule has 0 spiro atoms. The first-order chi connectivity index (χ1) is 15.0. The van der Waals surface area contributed by atoms with E-state index in [1.54, 1.807) is 0 Å². The summed E-state index contributed by atoms with van der Waals surface area (Å²) in [6, 6.07) is 22.8. The van der Waals surface area contributed by atoms with Gasteiger partial charge in [-0.3, -0.25) is 19.7 Å². The third kappa shape index (κ3) is 3.82. The second-order valence-corrected chi connectivity index (χ2v) is 7.61. The van der Waals surface area contributed by atoms with Crippen LogP contribution in [0, 0.1) is 21.4 Å². The van der Waals surface area contributed by atoms with Crippen molar-refractivity contribution in [3.63, 3.8) is 0 Å². The lowest BCUT2D eigenvalue weighted by atomic mass is 10.1. The molecule has 0 unspecified atom stereocenters. The number of hydrogen-bond acceptors (Lipinski definition) is 6. The number of anilines is 1. The predicted molar refractivity (Wildman–Crippen MR) is 116 cm³/mol. The fraction of sp³-hybridized carbons (Fsp3) is 0. The number of benzene rings is 3. The molecule has 0 fully saturated rings. The maximum atomic E-state index is 13.3. The Kier molecular flexibility index (Phi) is 5.35. The predicted octanol–water partition coefficient (Wildman–Crippen LogP) is 4.54. The molecule has 3 aromatic rings. The first kappa shape index (κ1) is 20.1. The van der Waals surface area contributed by atoms with E-state index in [9.17, 15) is 19.7 Å². The van der Waals surface area contributed by atoms with Crippen LogP contribution in [-0.2, 0) is 9.59 Å². The summed E-state index contributed by atoms with van der Waals surface area (Å²) in [5.74, 6) is -1.01. The number of non-ortho nitro benzene ring substituents is 1. The summed E-state index contributed by atoms with van der Waals surface area (Å²) < 4.78 is 0. The summed E-state index contributed by atoms with van der Waals surface area (Å²) in [5, 5.41) is 20.0. The number of thioether (sulfide) groups is 1. The summed E-state index contributed by atoms with van der Waals surface area (Å²) in [6.07, 6.45) is 0. The molecule has 0 aliphatic carbocycles. The molecular formula is C23H13N3O4S. The monoisotopic (exact) mass is 427 g/mol. The third-order valence-corrected chi connectivity index (χ3v) is 5.72. The summed E-state index contributed by atoms with van der Waals surface area (Å²) in [7, 11) is 0. The Bertz CT molecular complexity index is 1260. The van der Waals surface area contributed by atoms with Crippen LogP contribution in [0.25, 0.3) is 5.57 Å². The highest BCUT2D eigenvalue weighted by molar-refractivity contribution is 8.04. The zero-order chi connectivity index (χ0) is 22.0. The van der Waals surface area contributed by atoms with Gasteiger partial charge in [-0.2, -0.15) is 5.26 Å². The number of nitrogens with zero attached hydrogens (tertiary/aromatic N) is 3. The fourth-order valence-electron chi connectivity index (χ4n) is 3.13. The molecular weight excluding hydrogens is 414 g/mol. The van der Waals surface area contributed by atoms with Crippen LogP contribution < -0.4 is 4.90 Å². The minimum absolute atomic E-state index is 0.109. The van der Waals surface area contributed by atoms with E-state index in [1.807, 2.05) is 36.4 Å². The average molecular weight is 427 g/mol. The van der Waals surface area contributed by atoms with E-state index in [0.717, 1.165) is 21.6 Å². The zero-order valence-corrected chi connectivity index (χ0v) is 16.7. The molecule has 31 heavy (non-hydrogen) atoms. The van der Waals surface area contributed by atoms with Crippen molar-refractivity contribution in [1.29, 1.82) is 5.26 Å². The molecule has 0 atom stereocenters. The van der Waals surface area contributed by atoms with Gasteiger partial charge in [-0.05, 0) is 54.1 Å². The van der Waals surface area contributed by atoms with Gasteiger partial charge in [-0.25, -0.2) is 4.90 Å². The summed E-state index contributed by atoms with van der Waals surface area (Å²) in [5.41, 5.74) is 1.24. The molecule has 0 bridgehead atoms. The number of hydrogen-bond donors (Lipinski definition) is 0. The van der Waals surface area contributed by atoms with Crippen LogP contribution in [-0.4, -0.2) is 16.7 Å². The third-order valence-electron chi connectivity index (χ3n) is 4.63.